The Balaban J connectivity index is 1.87. The van der Waals surface area contributed by atoms with Gasteiger partial charge in [-0.1, -0.05) is 84.9 Å². The smallest absolute Gasteiger partial charge is 0.272 e. The Morgan fingerprint density at radius 3 is 1.24 bits per heavy atom. The van der Waals surface area contributed by atoms with Crippen LogP contribution in [0.15, 0.2) is 97.1 Å². The molecule has 2 radical (unpaired) electrons. The van der Waals surface area contributed by atoms with Gasteiger partial charge in [0.25, 0.3) is 18.1 Å². The van der Waals surface area contributed by atoms with Crippen LogP contribution in [0.4, 0.5) is 0 Å². The lowest BCUT2D eigenvalue weighted by molar-refractivity contribution is 0.412. The van der Waals surface area contributed by atoms with E-state index in [2.05, 4.69) is 98.8 Å². The minimum absolute atomic E-state index is 0.889. The molecule has 0 aliphatic carbocycles. The average molecular weight is 469 g/mol. The third kappa shape index (κ3) is 4.95. The van der Waals surface area contributed by atoms with Crippen molar-refractivity contribution in [2.24, 2.45) is 0 Å². The topological polar surface area (TPSA) is 27.7 Å². The van der Waals surface area contributed by atoms with Gasteiger partial charge in [0.15, 0.2) is 0 Å². The molecule has 0 saturated heterocycles. The van der Waals surface area contributed by atoms with Gasteiger partial charge in [0.05, 0.1) is 14.2 Å². The van der Waals surface area contributed by atoms with E-state index in [1.165, 1.54) is 20.7 Å². The van der Waals surface area contributed by atoms with E-state index in [0.717, 1.165) is 22.6 Å². The molecule has 4 aromatic carbocycles. The van der Waals surface area contributed by atoms with Crippen molar-refractivity contribution in [3.8, 4) is 11.5 Å². The molecule has 0 aliphatic heterocycles. The normalized spacial score (nSPS) is 11.1. The van der Waals surface area contributed by atoms with Gasteiger partial charge in [-0.15, -0.1) is 0 Å². The van der Waals surface area contributed by atoms with Gasteiger partial charge in [-0.2, -0.15) is 0 Å². The minimum atomic E-state index is -1.57. The molecule has 0 aromatic heterocycles. The van der Waals surface area contributed by atoms with Gasteiger partial charge < -0.3 is 13.6 Å². The zero-order valence-corrected chi connectivity index (χ0v) is 21.5. The molecule has 0 spiro atoms. The molecule has 0 aliphatic rings. The number of benzene rings is 4. The van der Waals surface area contributed by atoms with Crippen molar-refractivity contribution in [2.75, 3.05) is 14.2 Å². The second-order valence-corrected chi connectivity index (χ2v) is 12.1. The molecule has 0 atom stereocenters. The summed E-state index contributed by atoms with van der Waals surface area (Å²) in [6, 6.07) is 33.7. The Labute approximate surface area is 200 Å². The first-order valence-corrected chi connectivity index (χ1v) is 13.8. The predicted octanol–water partition coefficient (Wildman–Crippen LogP) is 3.25. The van der Waals surface area contributed by atoms with Gasteiger partial charge in [-0.3, -0.25) is 0 Å². The largest absolute Gasteiger partial charge is 0.496 e. The summed E-state index contributed by atoms with van der Waals surface area (Å²) in [7, 11) is 0.314. The van der Waals surface area contributed by atoms with E-state index in [-0.39, 0.29) is 0 Å². The van der Waals surface area contributed by atoms with Gasteiger partial charge in [-0.05, 0) is 57.9 Å². The van der Waals surface area contributed by atoms with E-state index in [4.69, 9.17) is 13.6 Å². The summed E-state index contributed by atoms with van der Waals surface area (Å²) in [5.41, 5.74) is 2.27. The molecule has 0 fully saturated rings. The van der Waals surface area contributed by atoms with Gasteiger partial charge in [0, 0.05) is 0 Å². The number of rotatable bonds is 8. The fourth-order valence-corrected chi connectivity index (χ4v) is 9.66. The first kappa shape index (κ1) is 23.0. The van der Waals surface area contributed by atoms with Crippen LogP contribution in [0.25, 0.3) is 0 Å². The van der Waals surface area contributed by atoms with Crippen LogP contribution in [0, 0.1) is 13.8 Å². The molecule has 0 amide bonds. The zero-order valence-electron chi connectivity index (χ0n) is 19.5. The zero-order chi connectivity index (χ0) is 23.2. The Morgan fingerprint density at radius 2 is 0.879 bits per heavy atom. The van der Waals surface area contributed by atoms with Crippen molar-refractivity contribution in [1.29, 1.82) is 0 Å². The van der Waals surface area contributed by atoms with Crippen LogP contribution in [0.5, 0.6) is 11.5 Å². The lowest BCUT2D eigenvalue weighted by atomic mass is 10.2. The maximum absolute atomic E-state index is 7.25. The fourth-order valence-electron chi connectivity index (χ4n) is 3.98. The van der Waals surface area contributed by atoms with Crippen molar-refractivity contribution in [3.63, 3.8) is 0 Å². The van der Waals surface area contributed by atoms with Gasteiger partial charge in [0.2, 0.25) is 0 Å². The second kappa shape index (κ2) is 10.7. The maximum Gasteiger partial charge on any atom is 0.272 e. The molecule has 0 N–H and O–H groups in total. The fraction of sp³-hybridized carbons (Fsp3) is 0.143. The van der Waals surface area contributed by atoms with Crippen molar-refractivity contribution >= 4 is 38.8 Å². The van der Waals surface area contributed by atoms with Crippen molar-refractivity contribution in [3.05, 3.63) is 108 Å². The third-order valence-electron chi connectivity index (χ3n) is 5.77. The van der Waals surface area contributed by atoms with Crippen LogP contribution in [0.3, 0.4) is 0 Å². The van der Waals surface area contributed by atoms with Gasteiger partial charge in [0.1, 0.15) is 11.5 Å². The minimum Gasteiger partial charge on any atom is -0.496 e. The molecule has 0 heterocycles. The highest BCUT2D eigenvalue weighted by Gasteiger charge is 2.31. The third-order valence-corrected chi connectivity index (χ3v) is 11.2. The van der Waals surface area contributed by atoms with Gasteiger partial charge in [-0.25, -0.2) is 0 Å². The number of methoxy groups -OCH3 is 2. The highest BCUT2D eigenvalue weighted by atomic mass is 28.4. The molecule has 5 heteroatoms. The number of ether oxygens (including phenoxy) is 2. The predicted molar refractivity (Wildman–Crippen MR) is 139 cm³/mol. The van der Waals surface area contributed by atoms with E-state index in [9.17, 15) is 0 Å². The molecule has 3 nitrogen and oxygen atoms in total. The van der Waals surface area contributed by atoms with Crippen LogP contribution in [-0.4, -0.2) is 32.3 Å². The molecule has 4 rings (SSSR count). The Hall–Kier alpha value is -3.13. The Bertz CT molecular complexity index is 1100. The molecular formula is C28H28O3Si2. The first-order valence-electron chi connectivity index (χ1n) is 10.9. The summed E-state index contributed by atoms with van der Waals surface area (Å²) >= 11 is 0. The molecule has 0 saturated carbocycles. The lowest BCUT2D eigenvalue weighted by Crippen LogP contribution is -2.57. The molecule has 4 aromatic rings. The second-order valence-electron chi connectivity index (χ2n) is 7.76. The quantitative estimate of drug-likeness (QED) is 0.372. The van der Waals surface area contributed by atoms with E-state index >= 15 is 0 Å². The molecule has 0 unspecified atom stereocenters. The van der Waals surface area contributed by atoms with Crippen LogP contribution in [-0.2, 0) is 4.12 Å². The summed E-state index contributed by atoms with van der Waals surface area (Å²) in [6.07, 6.45) is 0. The van der Waals surface area contributed by atoms with Crippen molar-refractivity contribution in [2.45, 2.75) is 13.8 Å². The Kier molecular flexibility index (Phi) is 7.44. The molecule has 33 heavy (non-hydrogen) atoms. The summed E-state index contributed by atoms with van der Waals surface area (Å²) in [6.45, 7) is 4.24. The number of hydrogen-bond acceptors (Lipinski definition) is 3. The van der Waals surface area contributed by atoms with Crippen molar-refractivity contribution < 1.29 is 13.6 Å². The summed E-state index contributed by atoms with van der Waals surface area (Å²) < 4.78 is 18.5. The SMILES string of the molecule is COc1cccc([Si](O[Si](c2ccccc2)c2cccc(OC)c2C)c2ccccc2)c1C. The van der Waals surface area contributed by atoms with Crippen LogP contribution in [0.2, 0.25) is 0 Å². The average Bonchev–Trinajstić information content (AvgIpc) is 2.87. The maximum atomic E-state index is 7.25. The highest BCUT2D eigenvalue weighted by Crippen LogP contribution is 2.17. The van der Waals surface area contributed by atoms with E-state index in [0.29, 0.717) is 0 Å². The molecule has 166 valence electrons. The van der Waals surface area contributed by atoms with Crippen LogP contribution >= 0.6 is 0 Å². The van der Waals surface area contributed by atoms with E-state index < -0.39 is 18.1 Å². The van der Waals surface area contributed by atoms with E-state index in [1.54, 1.807) is 14.2 Å². The highest BCUT2D eigenvalue weighted by molar-refractivity contribution is 6.92. The van der Waals surface area contributed by atoms with E-state index in [1.807, 2.05) is 12.1 Å². The monoisotopic (exact) mass is 468 g/mol. The standard InChI is InChI=1S/C28H28O3Si2/c1-21-25(29-3)17-11-19-27(21)32(23-13-7-5-8-14-23)31-33(24-15-9-6-10-16-24)28-20-12-18-26(30-4)22(28)2/h5-20H,1-4H3. The molecule has 0 bridgehead atoms. The lowest BCUT2D eigenvalue weighted by Gasteiger charge is -2.26. The van der Waals surface area contributed by atoms with Gasteiger partial charge >= 0.3 is 0 Å². The van der Waals surface area contributed by atoms with Crippen LogP contribution in [0.1, 0.15) is 11.1 Å². The molecular weight excluding hydrogens is 440 g/mol. The summed E-state index contributed by atoms with van der Waals surface area (Å²) in [5.74, 6) is 1.78. The van der Waals surface area contributed by atoms with Crippen LogP contribution < -0.4 is 30.2 Å². The summed E-state index contributed by atoms with van der Waals surface area (Å²) in [4.78, 5) is 0. The Morgan fingerprint density at radius 1 is 0.485 bits per heavy atom. The van der Waals surface area contributed by atoms with Crippen molar-refractivity contribution in [1.82, 2.24) is 0 Å². The number of hydrogen-bond donors (Lipinski definition) is 0. The first-order chi connectivity index (χ1) is 16.1. The summed E-state index contributed by atoms with van der Waals surface area (Å²) in [5, 5.41) is 4.87.